The van der Waals surface area contributed by atoms with Crippen molar-refractivity contribution in [3.63, 3.8) is 0 Å². The van der Waals surface area contributed by atoms with Crippen LogP contribution in [0.25, 0.3) is 0 Å². The number of nitrogens with two attached hydrogens (primary N) is 1. The molecule has 3 rings (SSSR count). The lowest BCUT2D eigenvalue weighted by molar-refractivity contribution is -0.140. The van der Waals surface area contributed by atoms with Crippen molar-refractivity contribution in [2.45, 2.75) is 44.2 Å². The number of hydrogen-bond acceptors (Lipinski definition) is 9. The molecule has 0 spiro atoms. The first-order valence-corrected chi connectivity index (χ1v) is 11.3. The van der Waals surface area contributed by atoms with Gasteiger partial charge in [0.15, 0.2) is 6.10 Å². The van der Waals surface area contributed by atoms with E-state index in [4.69, 9.17) is 19.5 Å². The third-order valence-corrected chi connectivity index (χ3v) is 6.47. The maximum absolute atomic E-state index is 14.7. The van der Waals surface area contributed by atoms with Crippen molar-refractivity contribution in [2.75, 3.05) is 12.3 Å². The maximum atomic E-state index is 14.7. The van der Waals surface area contributed by atoms with Crippen LogP contribution in [-0.4, -0.2) is 51.2 Å². The van der Waals surface area contributed by atoms with E-state index in [2.05, 4.69) is 10.1 Å². The fraction of sp³-hybridized carbons (Fsp3) is 0.421. The van der Waals surface area contributed by atoms with Crippen LogP contribution in [0.4, 0.5) is 14.6 Å². The lowest BCUT2D eigenvalue weighted by atomic mass is 10.1. The smallest absolute Gasteiger partial charge is 0.413 e. The lowest BCUT2D eigenvalue weighted by Crippen LogP contribution is -2.42. The molecule has 1 aromatic carbocycles. The molecule has 1 fully saturated rings. The normalized spacial score (nSPS) is 24.7. The summed E-state index contributed by atoms with van der Waals surface area (Å²) in [5, 5.41) is 12.5. The minimum absolute atomic E-state index is 0.125. The molecule has 1 saturated heterocycles. The van der Waals surface area contributed by atoms with E-state index in [0.717, 1.165) is 12.3 Å². The summed E-state index contributed by atoms with van der Waals surface area (Å²) in [7, 11) is -4.28. The highest BCUT2D eigenvalue weighted by molar-refractivity contribution is 7.52. The Bertz CT molecular complexity index is 1100. The summed E-state index contributed by atoms with van der Waals surface area (Å²) in [5.74, 6) is -4.35. The van der Waals surface area contributed by atoms with Gasteiger partial charge in [-0.1, -0.05) is 18.2 Å². The van der Waals surface area contributed by atoms with Gasteiger partial charge in [-0.15, -0.1) is 0 Å². The molecule has 1 aliphatic rings. The van der Waals surface area contributed by atoms with Crippen molar-refractivity contribution in [1.82, 2.24) is 14.6 Å². The Morgan fingerprint density at radius 2 is 2.06 bits per heavy atom. The number of ether oxygens (including phenoxy) is 1. The van der Waals surface area contributed by atoms with Crippen LogP contribution in [0.1, 0.15) is 20.1 Å². The second-order valence-electron chi connectivity index (χ2n) is 7.35. The van der Waals surface area contributed by atoms with Crippen molar-refractivity contribution >= 4 is 19.3 Å². The van der Waals surface area contributed by atoms with Crippen LogP contribution >= 0.6 is 7.75 Å². The zero-order valence-corrected chi connectivity index (χ0v) is 18.5. The van der Waals surface area contributed by atoms with Crippen LogP contribution in [0.15, 0.2) is 47.4 Å². The van der Waals surface area contributed by atoms with Gasteiger partial charge in [0.25, 0.3) is 0 Å². The lowest BCUT2D eigenvalue weighted by Gasteiger charge is -2.24. The van der Waals surface area contributed by atoms with E-state index in [-0.39, 0.29) is 17.4 Å². The molecule has 1 aliphatic heterocycles. The van der Waals surface area contributed by atoms with Gasteiger partial charge in [0.05, 0.1) is 12.6 Å². The number of anilines is 1. The average molecular weight is 488 g/mol. The zero-order valence-electron chi connectivity index (χ0n) is 17.6. The number of benzene rings is 1. The molecule has 14 heteroatoms. The van der Waals surface area contributed by atoms with Gasteiger partial charge in [0.2, 0.25) is 6.23 Å². The molecule has 1 aromatic heterocycles. The number of rotatable bonds is 9. The minimum atomic E-state index is -4.28. The number of nitrogens with one attached hydrogen (secondary N) is 1. The molecule has 0 bridgehead atoms. The van der Waals surface area contributed by atoms with Gasteiger partial charge < -0.3 is 20.1 Å². The van der Waals surface area contributed by atoms with Crippen molar-refractivity contribution in [3.05, 3.63) is 53.1 Å². The van der Waals surface area contributed by atoms with Crippen LogP contribution in [-0.2, 0) is 18.6 Å². The van der Waals surface area contributed by atoms with Gasteiger partial charge in [-0.2, -0.15) is 13.8 Å². The summed E-state index contributed by atoms with van der Waals surface area (Å²) in [6, 6.07) is 7.99. The number of nitrogen functional groups attached to an aromatic ring is 1. The topological polar surface area (TPSA) is 155 Å². The summed E-state index contributed by atoms with van der Waals surface area (Å²) < 4.78 is 58.9. The Morgan fingerprint density at radius 1 is 1.39 bits per heavy atom. The van der Waals surface area contributed by atoms with E-state index in [9.17, 15) is 28.0 Å². The van der Waals surface area contributed by atoms with E-state index in [0.29, 0.717) is 4.57 Å². The number of carbonyl (C=O) groups excluding carboxylic acids is 1. The summed E-state index contributed by atoms with van der Waals surface area (Å²) >= 11 is 0. The molecule has 0 amide bonds. The van der Waals surface area contributed by atoms with Gasteiger partial charge in [0.1, 0.15) is 23.5 Å². The second kappa shape index (κ2) is 9.65. The predicted octanol–water partition coefficient (Wildman–Crippen LogP) is 1.49. The van der Waals surface area contributed by atoms with Crippen LogP contribution < -0.4 is 21.0 Å². The molecular weight excluding hydrogens is 465 g/mol. The van der Waals surface area contributed by atoms with Gasteiger partial charge in [-0.25, -0.2) is 14.4 Å². The number of carbonyl (C=O) groups is 1. The predicted molar refractivity (Wildman–Crippen MR) is 112 cm³/mol. The molecule has 180 valence electrons. The molecule has 33 heavy (non-hydrogen) atoms. The number of para-hydroxylation sites is 1. The molecular formula is C19H23F2N4O7P. The van der Waals surface area contributed by atoms with E-state index in [1.807, 2.05) is 0 Å². The first kappa shape index (κ1) is 24.9. The number of nitrogens with zero attached hydrogens (tertiary/aromatic N) is 2. The third-order valence-electron chi connectivity index (χ3n) is 4.82. The third kappa shape index (κ3) is 5.63. The summed E-state index contributed by atoms with van der Waals surface area (Å²) in [6.45, 7) is 1.85. The highest BCUT2D eigenvalue weighted by atomic mass is 31.2. The minimum Gasteiger partial charge on any atom is -0.413 e. The first-order valence-electron chi connectivity index (χ1n) is 9.76. The molecule has 0 radical (unpaired) electrons. The van der Waals surface area contributed by atoms with Gasteiger partial charge in [-0.3, -0.25) is 13.9 Å². The van der Waals surface area contributed by atoms with Crippen LogP contribution in [0.3, 0.4) is 0 Å². The molecule has 5 atom stereocenters. The Hall–Kier alpha value is -2.70. The van der Waals surface area contributed by atoms with E-state index in [1.165, 1.54) is 26.0 Å². The van der Waals surface area contributed by atoms with Gasteiger partial charge in [0, 0.05) is 6.20 Å². The summed E-state index contributed by atoms with van der Waals surface area (Å²) in [4.78, 5) is 27.0. The Balaban J connectivity index is 1.80. The monoisotopic (exact) mass is 488 g/mol. The Morgan fingerprint density at radius 3 is 2.67 bits per heavy atom. The van der Waals surface area contributed by atoms with Gasteiger partial charge in [-0.05, 0) is 32.0 Å². The number of alkyl halides is 2. The highest BCUT2D eigenvalue weighted by Gasteiger charge is 2.60. The standard InChI is InChI=1S/C19H23F2N4O7P/c1-11(12(2)26)24-33(29,32-13-6-4-3-5-7-13)30-10-14-16(27)19(20,21)17(31-14)25-9-8-15(22)23-18(25)28/h3-9,11,14,16-17,27H,10H2,1-2H3,(H,24,29)(H2,22,23,28)/t11-,14+,16?,17+,33?/m0/s1. The molecule has 11 nitrogen and oxygen atoms in total. The summed E-state index contributed by atoms with van der Waals surface area (Å²) in [6.07, 6.45) is -5.36. The molecule has 2 unspecified atom stereocenters. The van der Waals surface area contributed by atoms with Crippen molar-refractivity contribution < 1.29 is 37.0 Å². The fourth-order valence-electron chi connectivity index (χ4n) is 2.92. The number of aliphatic hydroxyl groups is 1. The van der Waals surface area contributed by atoms with Crippen LogP contribution in [0.5, 0.6) is 5.75 Å². The molecule has 0 saturated carbocycles. The van der Waals surface area contributed by atoms with Crippen molar-refractivity contribution in [3.8, 4) is 5.75 Å². The van der Waals surface area contributed by atoms with Crippen LogP contribution in [0.2, 0.25) is 0 Å². The number of Topliss-reactive ketones (excluding diaryl/α,β-unsaturated/α-hetero) is 1. The zero-order chi connectivity index (χ0) is 24.4. The highest BCUT2D eigenvalue weighted by Crippen LogP contribution is 2.47. The SMILES string of the molecule is CC(=O)[C@H](C)NP(=O)(OC[C@H]1O[C@@H](n2ccc(N)nc2=O)C(F)(F)C1O)Oc1ccccc1. The largest absolute Gasteiger partial charge is 0.459 e. The fourth-order valence-corrected chi connectivity index (χ4v) is 4.50. The Kier molecular flexibility index (Phi) is 7.29. The molecule has 2 aromatic rings. The van der Waals surface area contributed by atoms with Crippen molar-refractivity contribution in [1.29, 1.82) is 0 Å². The second-order valence-corrected chi connectivity index (χ2v) is 9.04. The number of halogens is 2. The maximum Gasteiger partial charge on any atom is 0.459 e. The number of aromatic nitrogens is 2. The van der Waals surface area contributed by atoms with Gasteiger partial charge >= 0.3 is 19.4 Å². The molecule has 2 heterocycles. The van der Waals surface area contributed by atoms with E-state index < -0.39 is 50.4 Å². The number of aliphatic hydroxyl groups excluding tert-OH is 1. The van der Waals surface area contributed by atoms with Crippen molar-refractivity contribution in [2.24, 2.45) is 0 Å². The quantitative estimate of drug-likeness (QED) is 0.442. The summed E-state index contributed by atoms with van der Waals surface area (Å²) in [5.41, 5.74) is 4.26. The number of hydrogen-bond donors (Lipinski definition) is 3. The molecule has 0 aliphatic carbocycles. The molecule has 4 N–H and O–H groups in total. The van der Waals surface area contributed by atoms with E-state index in [1.54, 1.807) is 18.2 Å². The average Bonchev–Trinajstić information content (AvgIpc) is 2.96. The van der Waals surface area contributed by atoms with E-state index >= 15 is 0 Å². The first-order chi connectivity index (χ1) is 15.4. The van der Waals surface area contributed by atoms with Crippen LogP contribution in [0, 0.1) is 0 Å². The number of ketones is 1. The Labute approximate surface area is 187 Å².